The minimum atomic E-state index is -0.658. The van der Waals surface area contributed by atoms with Crippen LogP contribution in [0.4, 0.5) is 0 Å². The first-order chi connectivity index (χ1) is 9.22. The van der Waals surface area contributed by atoms with Crippen molar-refractivity contribution < 1.29 is 9.90 Å². The van der Waals surface area contributed by atoms with Crippen LogP contribution in [0.25, 0.3) is 10.9 Å². The van der Waals surface area contributed by atoms with E-state index in [0.717, 1.165) is 22.2 Å². The summed E-state index contributed by atoms with van der Waals surface area (Å²) in [7, 11) is 0. The number of H-pyrrole nitrogens is 1. The van der Waals surface area contributed by atoms with Gasteiger partial charge in [-0.05, 0) is 58.4 Å². The van der Waals surface area contributed by atoms with Crippen LogP contribution in [0.2, 0.25) is 0 Å². The van der Waals surface area contributed by atoms with Gasteiger partial charge < -0.3 is 15.4 Å². The topological polar surface area (TPSA) is 65.1 Å². The number of carbonyl (C=O) groups excluding carboxylic acids is 1. The van der Waals surface area contributed by atoms with Crippen molar-refractivity contribution in [3.63, 3.8) is 0 Å². The molecule has 0 saturated heterocycles. The van der Waals surface area contributed by atoms with Crippen LogP contribution in [0.5, 0.6) is 0 Å². The number of rotatable bonds is 3. The third-order valence-electron chi connectivity index (χ3n) is 4.05. The number of carbonyl (C=O) groups is 1. The van der Waals surface area contributed by atoms with Gasteiger partial charge in [0.2, 0.25) is 0 Å². The summed E-state index contributed by atoms with van der Waals surface area (Å²) in [6.45, 7) is 9.34. The Morgan fingerprint density at radius 2 is 2.00 bits per heavy atom. The first-order valence-electron chi connectivity index (χ1n) is 6.82. The fraction of sp³-hybridized carbons (Fsp3) is 0.438. The molecular weight excluding hydrogens is 252 g/mol. The van der Waals surface area contributed by atoms with Crippen molar-refractivity contribution in [1.29, 1.82) is 0 Å². The molecule has 108 valence electrons. The van der Waals surface area contributed by atoms with Gasteiger partial charge in [0.15, 0.2) is 0 Å². The Labute approximate surface area is 119 Å². The standard InChI is InChI=1S/C16H22N2O2/c1-9-10(2)17-14-7-6-12(8-13(9)14)15(20)18-16(4,5)11(3)19/h6-8,11,17,19H,1-5H3,(H,18,20). The summed E-state index contributed by atoms with van der Waals surface area (Å²) in [5, 5.41) is 13.6. The van der Waals surface area contributed by atoms with Crippen molar-refractivity contribution in [2.75, 3.05) is 0 Å². The van der Waals surface area contributed by atoms with E-state index in [0.29, 0.717) is 5.56 Å². The number of hydrogen-bond donors (Lipinski definition) is 3. The van der Waals surface area contributed by atoms with E-state index in [1.807, 2.05) is 26.0 Å². The zero-order chi connectivity index (χ0) is 15.1. The Kier molecular flexibility index (Phi) is 3.61. The highest BCUT2D eigenvalue weighted by atomic mass is 16.3. The number of aromatic nitrogens is 1. The molecule has 0 aliphatic heterocycles. The first kappa shape index (κ1) is 14.6. The van der Waals surface area contributed by atoms with Crippen LogP contribution in [0.15, 0.2) is 18.2 Å². The lowest BCUT2D eigenvalue weighted by Gasteiger charge is -2.29. The van der Waals surface area contributed by atoms with Gasteiger partial charge in [-0.2, -0.15) is 0 Å². The Morgan fingerprint density at radius 1 is 1.35 bits per heavy atom. The lowest BCUT2D eigenvalue weighted by molar-refractivity contribution is 0.0709. The maximum Gasteiger partial charge on any atom is 0.251 e. The predicted octanol–water partition coefficient (Wildman–Crippen LogP) is 2.67. The van der Waals surface area contributed by atoms with Gasteiger partial charge in [0.25, 0.3) is 5.91 Å². The first-order valence-corrected chi connectivity index (χ1v) is 6.82. The molecule has 0 fully saturated rings. The van der Waals surface area contributed by atoms with Crippen LogP contribution >= 0.6 is 0 Å². The van der Waals surface area contributed by atoms with E-state index in [-0.39, 0.29) is 5.91 Å². The second-order valence-electron chi connectivity index (χ2n) is 5.99. The summed E-state index contributed by atoms with van der Waals surface area (Å²) in [6, 6.07) is 5.60. The number of nitrogens with one attached hydrogen (secondary N) is 2. The van der Waals surface area contributed by atoms with Gasteiger partial charge in [0.05, 0.1) is 11.6 Å². The van der Waals surface area contributed by atoms with Gasteiger partial charge in [-0.15, -0.1) is 0 Å². The van der Waals surface area contributed by atoms with Gasteiger partial charge in [-0.3, -0.25) is 4.79 Å². The molecule has 1 unspecified atom stereocenters. The fourth-order valence-corrected chi connectivity index (χ4v) is 2.07. The average molecular weight is 274 g/mol. The molecule has 0 aliphatic carbocycles. The van der Waals surface area contributed by atoms with E-state index in [4.69, 9.17) is 0 Å². The van der Waals surface area contributed by atoms with Gasteiger partial charge in [0, 0.05) is 22.2 Å². The highest BCUT2D eigenvalue weighted by Gasteiger charge is 2.26. The number of fused-ring (bicyclic) bond motifs is 1. The van der Waals surface area contributed by atoms with Crippen molar-refractivity contribution >= 4 is 16.8 Å². The molecule has 0 aliphatic rings. The number of benzene rings is 1. The zero-order valence-corrected chi connectivity index (χ0v) is 12.7. The van der Waals surface area contributed by atoms with E-state index in [9.17, 15) is 9.90 Å². The molecule has 1 aromatic heterocycles. The monoisotopic (exact) mass is 274 g/mol. The van der Waals surface area contributed by atoms with Crippen molar-refractivity contribution in [1.82, 2.24) is 10.3 Å². The maximum absolute atomic E-state index is 12.3. The Bertz CT molecular complexity index is 654. The molecular formula is C16H22N2O2. The van der Waals surface area contributed by atoms with E-state index in [1.165, 1.54) is 0 Å². The molecule has 1 heterocycles. The number of aryl methyl sites for hydroxylation is 2. The van der Waals surface area contributed by atoms with Gasteiger partial charge >= 0.3 is 0 Å². The fourth-order valence-electron chi connectivity index (χ4n) is 2.07. The highest BCUT2D eigenvalue weighted by molar-refractivity contribution is 5.99. The summed E-state index contributed by atoms with van der Waals surface area (Å²) in [6.07, 6.45) is -0.619. The Balaban J connectivity index is 2.34. The van der Waals surface area contributed by atoms with Crippen LogP contribution in [0.1, 0.15) is 42.4 Å². The number of aliphatic hydroxyl groups excluding tert-OH is 1. The third-order valence-corrected chi connectivity index (χ3v) is 4.05. The van der Waals surface area contributed by atoms with Gasteiger partial charge in [0.1, 0.15) is 0 Å². The second-order valence-corrected chi connectivity index (χ2v) is 5.99. The molecule has 4 heteroatoms. The third kappa shape index (κ3) is 2.56. The molecule has 1 aromatic carbocycles. The van der Waals surface area contributed by atoms with Crippen LogP contribution in [-0.2, 0) is 0 Å². The minimum absolute atomic E-state index is 0.170. The lowest BCUT2D eigenvalue weighted by atomic mass is 9.98. The summed E-state index contributed by atoms with van der Waals surface area (Å²) < 4.78 is 0. The molecule has 1 atom stereocenters. The van der Waals surface area contributed by atoms with Crippen LogP contribution < -0.4 is 5.32 Å². The van der Waals surface area contributed by atoms with Crippen molar-refractivity contribution in [3.05, 3.63) is 35.0 Å². The molecule has 1 amide bonds. The predicted molar refractivity (Wildman–Crippen MR) is 81.0 cm³/mol. The molecule has 2 aromatic rings. The molecule has 4 nitrogen and oxygen atoms in total. The molecule has 20 heavy (non-hydrogen) atoms. The summed E-state index contributed by atoms with van der Waals surface area (Å²) in [5.74, 6) is -0.170. The molecule has 0 saturated carbocycles. The van der Waals surface area contributed by atoms with Crippen molar-refractivity contribution in [2.24, 2.45) is 0 Å². The molecule has 0 spiro atoms. The van der Waals surface area contributed by atoms with Crippen LogP contribution in [0.3, 0.4) is 0 Å². The van der Waals surface area contributed by atoms with Crippen LogP contribution in [-0.4, -0.2) is 27.6 Å². The van der Waals surface area contributed by atoms with Gasteiger partial charge in [-0.1, -0.05) is 0 Å². The number of hydrogen-bond acceptors (Lipinski definition) is 2. The number of aromatic amines is 1. The van der Waals surface area contributed by atoms with Crippen molar-refractivity contribution in [2.45, 2.75) is 46.3 Å². The summed E-state index contributed by atoms with van der Waals surface area (Å²) in [5.41, 5.74) is 3.25. The summed E-state index contributed by atoms with van der Waals surface area (Å²) in [4.78, 5) is 15.6. The molecule has 0 radical (unpaired) electrons. The largest absolute Gasteiger partial charge is 0.391 e. The average Bonchev–Trinajstić information content (AvgIpc) is 2.64. The lowest BCUT2D eigenvalue weighted by Crippen LogP contribution is -2.50. The minimum Gasteiger partial charge on any atom is -0.391 e. The molecule has 2 rings (SSSR count). The molecule has 0 bridgehead atoms. The van der Waals surface area contributed by atoms with Crippen molar-refractivity contribution in [3.8, 4) is 0 Å². The quantitative estimate of drug-likeness (QED) is 0.805. The van der Waals surface area contributed by atoms with E-state index < -0.39 is 11.6 Å². The van der Waals surface area contributed by atoms with E-state index >= 15 is 0 Å². The second kappa shape index (κ2) is 4.94. The Morgan fingerprint density at radius 3 is 2.60 bits per heavy atom. The SMILES string of the molecule is Cc1[nH]c2ccc(C(=O)NC(C)(C)C(C)O)cc2c1C. The van der Waals surface area contributed by atoms with Crippen LogP contribution in [0, 0.1) is 13.8 Å². The normalized spacial score (nSPS) is 13.5. The highest BCUT2D eigenvalue weighted by Crippen LogP contribution is 2.22. The number of aliphatic hydroxyl groups is 1. The van der Waals surface area contributed by atoms with Gasteiger partial charge in [-0.25, -0.2) is 0 Å². The van der Waals surface area contributed by atoms with E-state index in [2.05, 4.69) is 10.3 Å². The zero-order valence-electron chi connectivity index (χ0n) is 12.7. The smallest absolute Gasteiger partial charge is 0.251 e. The maximum atomic E-state index is 12.3. The Hall–Kier alpha value is -1.81. The van der Waals surface area contributed by atoms with E-state index in [1.54, 1.807) is 26.8 Å². The molecule has 3 N–H and O–H groups in total. The summed E-state index contributed by atoms with van der Waals surface area (Å²) >= 11 is 0. The number of amides is 1.